The number of sulfone groups is 1. The summed E-state index contributed by atoms with van der Waals surface area (Å²) in [5, 5.41) is 11.7. The maximum atomic E-state index is 11.2. The number of hydrogen-bond donors (Lipinski definition) is 1. The number of nitrogens with zero attached hydrogens (tertiary/aromatic N) is 5. The minimum Gasteiger partial charge on any atom is -0.380 e. The number of hydrogen-bond acceptors (Lipinski definition) is 6. The van der Waals surface area contributed by atoms with Gasteiger partial charge < -0.3 is 5.73 Å². The highest BCUT2D eigenvalue weighted by Crippen LogP contribution is 2.22. The zero-order valence-electron chi connectivity index (χ0n) is 10.1. The molecule has 0 atom stereocenters. The molecule has 0 spiro atoms. The van der Waals surface area contributed by atoms with Crippen molar-refractivity contribution in [3.8, 4) is 11.4 Å². The molecule has 98 valence electrons. The van der Waals surface area contributed by atoms with Gasteiger partial charge in [0.15, 0.2) is 5.82 Å². The normalized spacial score (nSPS) is 11.9. The lowest BCUT2D eigenvalue weighted by atomic mass is 10.3. The maximum absolute atomic E-state index is 11.2. The van der Waals surface area contributed by atoms with Crippen LogP contribution in [0, 0.1) is 0 Å². The van der Waals surface area contributed by atoms with Gasteiger partial charge in [-0.05, 0) is 6.07 Å². The molecule has 0 amide bonds. The van der Waals surface area contributed by atoms with Gasteiger partial charge in [-0.1, -0.05) is 5.21 Å². The summed E-state index contributed by atoms with van der Waals surface area (Å²) in [6, 6.07) is 1.77. The number of nitrogen functional groups attached to an aromatic ring is 1. The third-order valence-electron chi connectivity index (χ3n) is 2.50. The topological polar surface area (TPSA) is 109 Å². The van der Waals surface area contributed by atoms with Crippen LogP contribution in [0.2, 0.25) is 0 Å². The van der Waals surface area contributed by atoms with Crippen LogP contribution < -0.4 is 5.73 Å². The van der Waals surface area contributed by atoms with Gasteiger partial charge in [0, 0.05) is 19.5 Å². The largest absolute Gasteiger partial charge is 0.380 e. The van der Waals surface area contributed by atoms with E-state index >= 15 is 0 Å². The number of rotatable bonds is 4. The van der Waals surface area contributed by atoms with Gasteiger partial charge in [0.2, 0.25) is 0 Å². The van der Waals surface area contributed by atoms with Crippen LogP contribution in [0.25, 0.3) is 11.4 Å². The lowest BCUT2D eigenvalue weighted by molar-refractivity contribution is 0.580. The molecule has 0 radical (unpaired) electrons. The molecule has 2 heterocycles. The van der Waals surface area contributed by atoms with Crippen LogP contribution in [0.3, 0.4) is 0 Å². The summed E-state index contributed by atoms with van der Waals surface area (Å²) < 4.78 is 25.4. The Balaban J connectivity index is 2.37. The van der Waals surface area contributed by atoms with Crippen LogP contribution in [-0.2, 0) is 23.4 Å². The van der Waals surface area contributed by atoms with Gasteiger partial charge in [0.05, 0.1) is 18.0 Å². The SMILES string of the molecule is Cn1nccc1-c1c(N)nnn1CCS(C)(=O)=O. The van der Waals surface area contributed by atoms with Crippen LogP contribution in [0.4, 0.5) is 5.82 Å². The summed E-state index contributed by atoms with van der Waals surface area (Å²) in [6.07, 6.45) is 2.81. The molecular weight excluding hydrogens is 256 g/mol. The van der Waals surface area contributed by atoms with E-state index < -0.39 is 9.84 Å². The predicted molar refractivity (Wildman–Crippen MR) is 66.3 cm³/mol. The second kappa shape index (κ2) is 4.41. The molecule has 2 aromatic rings. The first-order valence-corrected chi connectivity index (χ1v) is 7.29. The summed E-state index contributed by atoms with van der Waals surface area (Å²) in [5.74, 6) is 0.243. The second-order valence-electron chi connectivity index (χ2n) is 4.02. The fraction of sp³-hybridized carbons (Fsp3) is 0.444. The van der Waals surface area contributed by atoms with Crippen molar-refractivity contribution < 1.29 is 8.42 Å². The molecule has 0 aromatic carbocycles. The van der Waals surface area contributed by atoms with E-state index in [-0.39, 0.29) is 18.1 Å². The maximum Gasteiger partial charge on any atom is 0.175 e. The molecule has 8 nitrogen and oxygen atoms in total. The molecule has 9 heteroatoms. The van der Waals surface area contributed by atoms with Crippen LogP contribution in [0.1, 0.15) is 0 Å². The minimum atomic E-state index is -3.06. The third kappa shape index (κ3) is 2.50. The van der Waals surface area contributed by atoms with Crippen molar-refractivity contribution in [1.29, 1.82) is 0 Å². The van der Waals surface area contributed by atoms with E-state index in [9.17, 15) is 8.42 Å². The molecule has 0 aliphatic heterocycles. The molecule has 0 bridgehead atoms. The van der Waals surface area contributed by atoms with Crippen molar-refractivity contribution in [3.05, 3.63) is 12.3 Å². The molecule has 0 saturated carbocycles. The van der Waals surface area contributed by atoms with Crippen molar-refractivity contribution in [1.82, 2.24) is 24.8 Å². The van der Waals surface area contributed by atoms with Gasteiger partial charge in [0.1, 0.15) is 15.5 Å². The predicted octanol–water partition coefficient (Wildman–Crippen LogP) is -0.695. The Morgan fingerprint density at radius 3 is 2.72 bits per heavy atom. The lowest BCUT2D eigenvalue weighted by Gasteiger charge is -2.06. The average molecular weight is 270 g/mol. The Labute approximate surface area is 104 Å². The fourth-order valence-electron chi connectivity index (χ4n) is 1.60. The molecule has 2 aromatic heterocycles. The van der Waals surface area contributed by atoms with Crippen molar-refractivity contribution >= 4 is 15.7 Å². The molecule has 0 aliphatic rings. The highest BCUT2D eigenvalue weighted by atomic mass is 32.2. The summed E-state index contributed by atoms with van der Waals surface area (Å²) in [7, 11) is -1.29. The average Bonchev–Trinajstić information content (AvgIpc) is 2.81. The van der Waals surface area contributed by atoms with Crippen molar-refractivity contribution in [2.24, 2.45) is 7.05 Å². The highest BCUT2D eigenvalue weighted by molar-refractivity contribution is 7.90. The standard InChI is InChI=1S/C9H14N6O2S/c1-14-7(3-4-11-14)8-9(10)12-13-15(8)5-6-18(2,16)17/h3-4H,5-6,10H2,1-2H3. The van der Waals surface area contributed by atoms with Crippen LogP contribution in [0.15, 0.2) is 12.3 Å². The quantitative estimate of drug-likeness (QED) is 0.787. The first kappa shape index (κ1) is 12.6. The zero-order valence-corrected chi connectivity index (χ0v) is 10.9. The van der Waals surface area contributed by atoms with E-state index in [1.807, 2.05) is 0 Å². The highest BCUT2D eigenvalue weighted by Gasteiger charge is 2.16. The number of aryl methyl sites for hydroxylation is 2. The van der Waals surface area contributed by atoms with Gasteiger partial charge in [0.25, 0.3) is 0 Å². The van der Waals surface area contributed by atoms with E-state index in [1.54, 1.807) is 24.0 Å². The molecule has 18 heavy (non-hydrogen) atoms. The summed E-state index contributed by atoms with van der Waals surface area (Å²) in [6.45, 7) is 0.212. The van der Waals surface area contributed by atoms with Crippen molar-refractivity contribution in [2.45, 2.75) is 6.54 Å². The monoisotopic (exact) mass is 270 g/mol. The Kier molecular flexibility index (Phi) is 3.07. The molecule has 0 saturated heterocycles. The van der Waals surface area contributed by atoms with Gasteiger partial charge >= 0.3 is 0 Å². The van der Waals surface area contributed by atoms with Gasteiger partial charge in [-0.2, -0.15) is 5.10 Å². The van der Waals surface area contributed by atoms with Gasteiger partial charge in [-0.15, -0.1) is 5.10 Å². The summed E-state index contributed by atoms with van der Waals surface area (Å²) in [4.78, 5) is 0. The molecule has 0 unspecified atom stereocenters. The number of nitrogens with two attached hydrogens (primary N) is 1. The lowest BCUT2D eigenvalue weighted by Crippen LogP contribution is -2.14. The van der Waals surface area contributed by atoms with E-state index in [1.165, 1.54) is 10.9 Å². The summed E-state index contributed by atoms with van der Waals surface area (Å²) in [5.41, 5.74) is 7.08. The Hall–Kier alpha value is -1.90. The Morgan fingerprint density at radius 2 is 2.17 bits per heavy atom. The van der Waals surface area contributed by atoms with Crippen molar-refractivity contribution in [2.75, 3.05) is 17.7 Å². The molecule has 2 N–H and O–H groups in total. The first-order chi connectivity index (χ1) is 8.38. The van der Waals surface area contributed by atoms with E-state index in [0.29, 0.717) is 5.69 Å². The molecule has 0 aliphatic carbocycles. The van der Waals surface area contributed by atoms with Crippen LogP contribution >= 0.6 is 0 Å². The van der Waals surface area contributed by atoms with Crippen LogP contribution in [0.5, 0.6) is 0 Å². The Bertz CT molecular complexity index is 656. The van der Waals surface area contributed by atoms with Crippen LogP contribution in [-0.4, -0.2) is 45.2 Å². The third-order valence-corrected chi connectivity index (χ3v) is 3.42. The smallest absolute Gasteiger partial charge is 0.175 e. The fourth-order valence-corrected chi connectivity index (χ4v) is 2.11. The Morgan fingerprint density at radius 1 is 1.44 bits per heavy atom. The molecule has 2 rings (SSSR count). The van der Waals surface area contributed by atoms with E-state index in [0.717, 1.165) is 5.69 Å². The van der Waals surface area contributed by atoms with Gasteiger partial charge in [-0.3, -0.25) is 4.68 Å². The van der Waals surface area contributed by atoms with E-state index in [2.05, 4.69) is 15.4 Å². The molecule has 0 fully saturated rings. The summed E-state index contributed by atoms with van der Waals surface area (Å²) >= 11 is 0. The number of anilines is 1. The first-order valence-electron chi connectivity index (χ1n) is 5.23. The van der Waals surface area contributed by atoms with Crippen molar-refractivity contribution in [3.63, 3.8) is 0 Å². The minimum absolute atomic E-state index is 0.0132. The second-order valence-corrected chi connectivity index (χ2v) is 6.28. The number of aromatic nitrogens is 5. The van der Waals surface area contributed by atoms with E-state index in [4.69, 9.17) is 5.73 Å². The zero-order chi connectivity index (χ0) is 13.3. The van der Waals surface area contributed by atoms with Gasteiger partial charge in [-0.25, -0.2) is 13.1 Å². The molecular formula is C9H14N6O2S.